The quantitative estimate of drug-likeness (QED) is 0.791. The number of benzene rings is 1. The van der Waals surface area contributed by atoms with Gasteiger partial charge in [0.1, 0.15) is 10.6 Å². The van der Waals surface area contributed by atoms with Crippen LogP contribution >= 0.6 is 0 Å². The first-order valence-corrected chi connectivity index (χ1v) is 7.96. The summed E-state index contributed by atoms with van der Waals surface area (Å²) in [5.74, 6) is 0.471. The predicted molar refractivity (Wildman–Crippen MR) is 76.1 cm³/mol. The fraction of sp³-hybridized carbons (Fsp3) is 0.538. The molecule has 2 atom stereocenters. The molecule has 1 saturated heterocycles. The molecule has 0 aromatic heterocycles. The van der Waals surface area contributed by atoms with E-state index in [-0.39, 0.29) is 22.6 Å². The van der Waals surface area contributed by atoms with Crippen molar-refractivity contribution in [2.75, 3.05) is 26.1 Å². The summed E-state index contributed by atoms with van der Waals surface area (Å²) in [6.45, 7) is 3.10. The molecule has 3 N–H and O–H groups in total. The molecule has 112 valence electrons. The topological polar surface area (TPSA) is 90.7 Å². The van der Waals surface area contributed by atoms with Gasteiger partial charge < -0.3 is 15.2 Å². The number of hydrogen-bond donors (Lipinski definition) is 2. The number of sulfonamides is 1. The molecule has 2 rings (SSSR count). The maximum atomic E-state index is 12.4. The van der Waals surface area contributed by atoms with E-state index in [0.29, 0.717) is 18.9 Å². The number of nitrogens with two attached hydrogens (primary N) is 1. The third-order valence-corrected chi connectivity index (χ3v) is 5.07. The fourth-order valence-corrected chi connectivity index (χ4v) is 3.77. The summed E-state index contributed by atoms with van der Waals surface area (Å²) in [6.07, 6.45) is 0.859. The Morgan fingerprint density at radius 3 is 2.85 bits per heavy atom. The highest BCUT2D eigenvalue weighted by Crippen LogP contribution is 2.27. The summed E-state index contributed by atoms with van der Waals surface area (Å²) in [7, 11) is -2.24. The van der Waals surface area contributed by atoms with Crippen molar-refractivity contribution >= 4 is 15.7 Å². The van der Waals surface area contributed by atoms with Gasteiger partial charge in [0.2, 0.25) is 10.0 Å². The molecule has 0 radical (unpaired) electrons. The lowest BCUT2D eigenvalue weighted by Crippen LogP contribution is -2.38. The Labute approximate surface area is 119 Å². The predicted octanol–water partition coefficient (Wildman–Crippen LogP) is 0.981. The smallest absolute Gasteiger partial charge is 0.244 e. The van der Waals surface area contributed by atoms with Crippen LogP contribution < -0.4 is 15.2 Å². The molecule has 1 aliphatic heterocycles. The molecule has 20 heavy (non-hydrogen) atoms. The van der Waals surface area contributed by atoms with Crippen LogP contribution in [0.3, 0.4) is 0 Å². The van der Waals surface area contributed by atoms with Crippen molar-refractivity contribution < 1.29 is 17.9 Å². The minimum Gasteiger partial charge on any atom is -0.495 e. The Morgan fingerprint density at radius 1 is 1.50 bits per heavy atom. The van der Waals surface area contributed by atoms with Crippen LogP contribution in [0.4, 0.5) is 5.69 Å². The Morgan fingerprint density at radius 2 is 2.25 bits per heavy atom. The summed E-state index contributed by atoms with van der Waals surface area (Å²) < 4.78 is 37.9. The number of anilines is 1. The van der Waals surface area contributed by atoms with Crippen LogP contribution in [0.25, 0.3) is 0 Å². The van der Waals surface area contributed by atoms with Gasteiger partial charge in [-0.1, -0.05) is 0 Å². The van der Waals surface area contributed by atoms with E-state index < -0.39 is 10.0 Å². The van der Waals surface area contributed by atoms with Gasteiger partial charge in [-0.3, -0.25) is 0 Å². The summed E-state index contributed by atoms with van der Waals surface area (Å²) in [6, 6.07) is 4.35. The third kappa shape index (κ3) is 3.23. The van der Waals surface area contributed by atoms with Gasteiger partial charge in [-0.2, -0.15) is 0 Å². The Bertz CT molecular complexity index is 568. The second kappa shape index (κ2) is 5.99. The molecule has 0 spiro atoms. The van der Waals surface area contributed by atoms with Crippen molar-refractivity contribution in [3.05, 3.63) is 18.2 Å². The molecule has 2 unspecified atom stereocenters. The van der Waals surface area contributed by atoms with E-state index in [4.69, 9.17) is 15.2 Å². The molecule has 1 aliphatic rings. The molecule has 0 amide bonds. The molecule has 1 aromatic rings. The molecule has 1 heterocycles. The lowest BCUT2D eigenvalue weighted by molar-refractivity contribution is 0.180. The number of ether oxygens (including phenoxy) is 2. The highest BCUT2D eigenvalue weighted by atomic mass is 32.2. The van der Waals surface area contributed by atoms with Gasteiger partial charge >= 0.3 is 0 Å². The average molecular weight is 300 g/mol. The first-order valence-electron chi connectivity index (χ1n) is 6.47. The molecule has 0 aliphatic carbocycles. The Kier molecular flexibility index (Phi) is 4.52. The van der Waals surface area contributed by atoms with E-state index >= 15 is 0 Å². The summed E-state index contributed by atoms with van der Waals surface area (Å²) >= 11 is 0. The highest BCUT2D eigenvalue weighted by Gasteiger charge is 2.28. The standard InChI is InChI=1S/C13H20N2O4S/c1-9(10-5-6-19-8-10)15-20(16,17)13-7-11(14)3-4-12(13)18-2/h3-4,7,9-10,15H,5-6,8,14H2,1-2H3. The molecular formula is C13H20N2O4S. The van der Waals surface area contributed by atoms with Gasteiger partial charge in [-0.05, 0) is 31.5 Å². The van der Waals surface area contributed by atoms with Crippen molar-refractivity contribution in [2.45, 2.75) is 24.3 Å². The monoisotopic (exact) mass is 300 g/mol. The number of nitrogen functional groups attached to an aromatic ring is 1. The van der Waals surface area contributed by atoms with Gasteiger partial charge in [0.15, 0.2) is 0 Å². The zero-order valence-corrected chi connectivity index (χ0v) is 12.4. The summed E-state index contributed by atoms with van der Waals surface area (Å²) in [4.78, 5) is 0.0609. The van der Waals surface area contributed by atoms with Crippen LogP contribution in [0, 0.1) is 5.92 Å². The van der Waals surface area contributed by atoms with Crippen molar-refractivity contribution in [1.29, 1.82) is 0 Å². The molecule has 1 aromatic carbocycles. The van der Waals surface area contributed by atoms with Crippen molar-refractivity contribution in [2.24, 2.45) is 5.92 Å². The van der Waals surface area contributed by atoms with E-state index in [9.17, 15) is 8.42 Å². The van der Waals surface area contributed by atoms with E-state index in [1.807, 2.05) is 6.92 Å². The van der Waals surface area contributed by atoms with Gasteiger partial charge in [-0.25, -0.2) is 13.1 Å². The summed E-state index contributed by atoms with van der Waals surface area (Å²) in [5.41, 5.74) is 6.04. The average Bonchev–Trinajstić information content (AvgIpc) is 2.92. The molecule has 6 nitrogen and oxygen atoms in total. The second-order valence-corrected chi connectivity index (χ2v) is 6.63. The Hall–Kier alpha value is -1.31. The van der Waals surface area contributed by atoms with E-state index in [1.165, 1.54) is 13.2 Å². The van der Waals surface area contributed by atoms with Crippen molar-refractivity contribution in [3.8, 4) is 5.75 Å². The fourth-order valence-electron chi connectivity index (χ4n) is 2.25. The molecular weight excluding hydrogens is 280 g/mol. The maximum absolute atomic E-state index is 12.4. The van der Waals surface area contributed by atoms with Crippen molar-refractivity contribution in [1.82, 2.24) is 4.72 Å². The van der Waals surface area contributed by atoms with E-state index in [0.717, 1.165) is 6.42 Å². The van der Waals surface area contributed by atoms with Crippen LogP contribution in [0.1, 0.15) is 13.3 Å². The normalized spacial score (nSPS) is 20.8. The third-order valence-electron chi connectivity index (χ3n) is 3.49. The van der Waals surface area contributed by atoms with E-state index in [2.05, 4.69) is 4.72 Å². The zero-order valence-electron chi connectivity index (χ0n) is 11.6. The summed E-state index contributed by atoms with van der Waals surface area (Å²) in [5, 5.41) is 0. The van der Waals surface area contributed by atoms with Crippen LogP contribution in [0.2, 0.25) is 0 Å². The molecule has 7 heteroatoms. The minimum absolute atomic E-state index is 0.0609. The maximum Gasteiger partial charge on any atom is 0.244 e. The van der Waals surface area contributed by atoms with Gasteiger partial charge in [0.05, 0.1) is 13.7 Å². The first-order chi connectivity index (χ1) is 9.44. The minimum atomic E-state index is -3.67. The largest absolute Gasteiger partial charge is 0.495 e. The van der Waals surface area contributed by atoms with Crippen LogP contribution in [-0.2, 0) is 14.8 Å². The van der Waals surface area contributed by atoms with E-state index in [1.54, 1.807) is 12.1 Å². The molecule has 1 fully saturated rings. The second-order valence-electron chi connectivity index (χ2n) is 4.94. The van der Waals surface area contributed by atoms with Gasteiger partial charge in [0, 0.05) is 24.3 Å². The number of rotatable bonds is 5. The van der Waals surface area contributed by atoms with Crippen LogP contribution in [0.15, 0.2) is 23.1 Å². The molecule has 0 saturated carbocycles. The molecule has 0 bridgehead atoms. The Balaban J connectivity index is 2.23. The van der Waals surface area contributed by atoms with Crippen LogP contribution in [-0.4, -0.2) is 34.8 Å². The number of hydrogen-bond acceptors (Lipinski definition) is 5. The van der Waals surface area contributed by atoms with Gasteiger partial charge in [0.25, 0.3) is 0 Å². The van der Waals surface area contributed by atoms with Gasteiger partial charge in [-0.15, -0.1) is 0 Å². The first kappa shape index (κ1) is 15.1. The number of methoxy groups -OCH3 is 1. The SMILES string of the molecule is COc1ccc(N)cc1S(=O)(=O)NC(C)C1CCOC1. The zero-order chi connectivity index (χ0) is 14.8. The van der Waals surface area contributed by atoms with Crippen LogP contribution in [0.5, 0.6) is 5.75 Å². The number of nitrogens with one attached hydrogen (secondary N) is 1. The lowest BCUT2D eigenvalue weighted by Gasteiger charge is -2.20. The van der Waals surface area contributed by atoms with Crippen molar-refractivity contribution in [3.63, 3.8) is 0 Å². The lowest BCUT2D eigenvalue weighted by atomic mass is 10.0. The highest BCUT2D eigenvalue weighted by molar-refractivity contribution is 7.89.